The fourth-order valence-corrected chi connectivity index (χ4v) is 3.29. The van der Waals surface area contributed by atoms with Crippen LogP contribution in [0.1, 0.15) is 34.8 Å². The van der Waals surface area contributed by atoms with Gasteiger partial charge in [-0.25, -0.2) is 4.79 Å². The van der Waals surface area contributed by atoms with E-state index in [1.54, 1.807) is 6.07 Å². The van der Waals surface area contributed by atoms with Crippen molar-refractivity contribution in [3.05, 3.63) is 47.0 Å². The highest BCUT2D eigenvalue weighted by molar-refractivity contribution is 6.04. The molecule has 8 nitrogen and oxygen atoms in total. The van der Waals surface area contributed by atoms with E-state index in [9.17, 15) is 14.4 Å². The highest BCUT2D eigenvalue weighted by atomic mass is 16.5. The van der Waals surface area contributed by atoms with E-state index in [0.29, 0.717) is 23.1 Å². The second-order valence-corrected chi connectivity index (χ2v) is 7.98. The maximum atomic E-state index is 12.8. The first-order valence-corrected chi connectivity index (χ1v) is 10.3. The third kappa shape index (κ3) is 5.38. The van der Waals surface area contributed by atoms with Crippen LogP contribution >= 0.6 is 0 Å². The highest BCUT2D eigenvalue weighted by Crippen LogP contribution is 2.40. The van der Waals surface area contributed by atoms with Gasteiger partial charge in [0.2, 0.25) is 5.91 Å². The minimum Gasteiger partial charge on any atom is -0.493 e. The minimum atomic E-state index is -0.764. The number of amides is 2. The Labute approximate surface area is 187 Å². The Balaban J connectivity index is 1.72. The third-order valence-corrected chi connectivity index (χ3v) is 5.57. The first kappa shape index (κ1) is 23.1. The van der Waals surface area contributed by atoms with Crippen molar-refractivity contribution in [2.75, 3.05) is 31.5 Å². The summed E-state index contributed by atoms with van der Waals surface area (Å²) in [6.45, 7) is 5.43. The van der Waals surface area contributed by atoms with Crippen molar-refractivity contribution in [3.63, 3.8) is 0 Å². The molecule has 0 spiro atoms. The van der Waals surface area contributed by atoms with Crippen molar-refractivity contribution >= 4 is 29.2 Å². The van der Waals surface area contributed by atoms with Gasteiger partial charge in [0.25, 0.3) is 5.91 Å². The van der Waals surface area contributed by atoms with E-state index in [2.05, 4.69) is 10.6 Å². The lowest BCUT2D eigenvalue weighted by atomic mass is 10.1. The molecule has 1 aliphatic rings. The van der Waals surface area contributed by atoms with Crippen LogP contribution in [-0.4, -0.2) is 38.6 Å². The van der Waals surface area contributed by atoms with E-state index >= 15 is 0 Å². The fraction of sp³-hybridized carbons (Fsp3) is 0.375. The van der Waals surface area contributed by atoms with Crippen molar-refractivity contribution in [1.29, 1.82) is 0 Å². The van der Waals surface area contributed by atoms with Crippen molar-refractivity contribution in [3.8, 4) is 11.5 Å². The number of rotatable bonds is 8. The lowest BCUT2D eigenvalue weighted by molar-refractivity contribution is -0.119. The number of hydrogen-bond donors (Lipinski definition) is 2. The van der Waals surface area contributed by atoms with E-state index in [-0.39, 0.29) is 23.1 Å². The molecule has 8 heteroatoms. The Kier molecular flexibility index (Phi) is 7.02. The quantitative estimate of drug-likeness (QED) is 0.607. The first-order chi connectivity index (χ1) is 15.2. The third-order valence-electron chi connectivity index (χ3n) is 5.57. The largest absolute Gasteiger partial charge is 0.493 e. The second-order valence-electron chi connectivity index (χ2n) is 7.98. The van der Waals surface area contributed by atoms with Gasteiger partial charge in [-0.15, -0.1) is 0 Å². The van der Waals surface area contributed by atoms with Crippen LogP contribution in [0.25, 0.3) is 0 Å². The molecule has 32 heavy (non-hydrogen) atoms. The van der Waals surface area contributed by atoms with Gasteiger partial charge in [0, 0.05) is 23.7 Å². The normalized spacial score (nSPS) is 16.7. The van der Waals surface area contributed by atoms with E-state index in [4.69, 9.17) is 14.2 Å². The maximum absolute atomic E-state index is 12.8. The zero-order valence-electron chi connectivity index (χ0n) is 18.9. The molecular weight excluding hydrogens is 412 g/mol. The SMILES string of the molecule is COc1cc(NC(=O)C2CC2C)c(C(=O)OCC(=O)Nc2ccc(C)c(C)c2)cc1OC. The zero-order valence-corrected chi connectivity index (χ0v) is 18.9. The number of carbonyl (C=O) groups excluding carboxylic acids is 3. The van der Waals surface area contributed by atoms with Gasteiger partial charge in [-0.2, -0.15) is 0 Å². The van der Waals surface area contributed by atoms with Gasteiger partial charge in [0.05, 0.1) is 25.5 Å². The summed E-state index contributed by atoms with van der Waals surface area (Å²) in [6.07, 6.45) is 0.803. The molecule has 2 amide bonds. The summed E-state index contributed by atoms with van der Waals surface area (Å²) in [4.78, 5) is 37.5. The number of benzene rings is 2. The second kappa shape index (κ2) is 9.72. The van der Waals surface area contributed by atoms with E-state index in [1.165, 1.54) is 26.4 Å². The predicted molar refractivity (Wildman–Crippen MR) is 120 cm³/mol. The van der Waals surface area contributed by atoms with Gasteiger partial charge < -0.3 is 24.8 Å². The molecule has 0 bridgehead atoms. The molecule has 2 aromatic carbocycles. The number of aryl methyl sites for hydroxylation is 2. The molecule has 3 rings (SSSR count). The molecule has 1 aliphatic carbocycles. The van der Waals surface area contributed by atoms with Crippen molar-refractivity contribution in [2.24, 2.45) is 11.8 Å². The van der Waals surface area contributed by atoms with Crippen LogP contribution in [0.5, 0.6) is 11.5 Å². The molecule has 0 radical (unpaired) electrons. The van der Waals surface area contributed by atoms with Gasteiger partial charge in [0.15, 0.2) is 18.1 Å². The maximum Gasteiger partial charge on any atom is 0.340 e. The van der Waals surface area contributed by atoms with Crippen LogP contribution in [0.3, 0.4) is 0 Å². The fourth-order valence-electron chi connectivity index (χ4n) is 3.29. The van der Waals surface area contributed by atoms with Crippen LogP contribution in [0.4, 0.5) is 11.4 Å². The molecule has 0 aromatic heterocycles. The number of methoxy groups -OCH3 is 2. The number of ether oxygens (including phenoxy) is 3. The van der Waals surface area contributed by atoms with Crippen molar-refractivity contribution in [1.82, 2.24) is 0 Å². The summed E-state index contributed by atoms with van der Waals surface area (Å²) in [6, 6.07) is 8.46. The Morgan fingerprint density at radius 3 is 2.22 bits per heavy atom. The number of nitrogens with one attached hydrogen (secondary N) is 2. The summed E-state index contributed by atoms with van der Waals surface area (Å²) < 4.78 is 15.8. The lowest BCUT2D eigenvalue weighted by Gasteiger charge is -2.15. The van der Waals surface area contributed by atoms with Gasteiger partial charge in [-0.05, 0) is 49.4 Å². The summed E-state index contributed by atoms with van der Waals surface area (Å²) in [5.74, 6) is -0.533. The standard InChI is InChI=1S/C24H28N2O6/c1-13-6-7-16(8-14(13)2)25-22(27)12-32-24(29)18-10-20(30-4)21(31-5)11-19(18)26-23(28)17-9-15(17)3/h6-8,10-11,15,17H,9,12H2,1-5H3,(H,25,27)(H,26,28). The average molecular weight is 440 g/mol. The Hall–Kier alpha value is -3.55. The number of carbonyl (C=O) groups is 3. The Morgan fingerprint density at radius 1 is 0.969 bits per heavy atom. The summed E-state index contributed by atoms with van der Waals surface area (Å²) in [7, 11) is 2.90. The molecular formula is C24H28N2O6. The lowest BCUT2D eigenvalue weighted by Crippen LogP contribution is -2.22. The highest BCUT2D eigenvalue weighted by Gasteiger charge is 2.39. The minimum absolute atomic E-state index is 0.0725. The monoisotopic (exact) mass is 440 g/mol. The van der Waals surface area contributed by atoms with E-state index < -0.39 is 18.5 Å². The molecule has 2 aromatic rings. The van der Waals surface area contributed by atoms with Crippen LogP contribution in [0.2, 0.25) is 0 Å². The number of hydrogen-bond acceptors (Lipinski definition) is 6. The molecule has 170 valence electrons. The van der Waals surface area contributed by atoms with Crippen LogP contribution in [-0.2, 0) is 14.3 Å². The average Bonchev–Trinajstić information content (AvgIpc) is 3.51. The molecule has 1 fully saturated rings. The van der Waals surface area contributed by atoms with Crippen molar-refractivity contribution < 1.29 is 28.6 Å². The molecule has 1 saturated carbocycles. The predicted octanol–water partition coefficient (Wildman–Crippen LogP) is 3.71. The number of anilines is 2. The van der Waals surface area contributed by atoms with Gasteiger partial charge in [0.1, 0.15) is 0 Å². The molecule has 2 N–H and O–H groups in total. The van der Waals surface area contributed by atoms with Crippen LogP contribution in [0.15, 0.2) is 30.3 Å². The smallest absolute Gasteiger partial charge is 0.340 e. The summed E-state index contributed by atoms with van der Waals surface area (Å²) >= 11 is 0. The van der Waals surface area contributed by atoms with Crippen molar-refractivity contribution in [2.45, 2.75) is 27.2 Å². The zero-order chi connectivity index (χ0) is 23.4. The Bertz CT molecular complexity index is 1050. The van der Waals surface area contributed by atoms with Crippen LogP contribution in [0, 0.1) is 25.7 Å². The van der Waals surface area contributed by atoms with Gasteiger partial charge in [-0.1, -0.05) is 13.0 Å². The van der Waals surface area contributed by atoms with E-state index in [1.807, 2.05) is 32.9 Å². The van der Waals surface area contributed by atoms with Gasteiger partial charge >= 0.3 is 5.97 Å². The molecule has 0 aliphatic heterocycles. The Morgan fingerprint density at radius 2 is 1.62 bits per heavy atom. The summed E-state index contributed by atoms with van der Waals surface area (Å²) in [5, 5.41) is 5.47. The summed E-state index contributed by atoms with van der Waals surface area (Å²) in [5.41, 5.74) is 3.08. The van der Waals surface area contributed by atoms with E-state index in [0.717, 1.165) is 17.5 Å². The molecule has 0 saturated heterocycles. The first-order valence-electron chi connectivity index (χ1n) is 10.3. The van der Waals surface area contributed by atoms with Gasteiger partial charge in [-0.3, -0.25) is 9.59 Å². The van der Waals surface area contributed by atoms with Crippen LogP contribution < -0.4 is 20.1 Å². The topological polar surface area (TPSA) is 103 Å². The number of esters is 1. The molecule has 0 heterocycles. The molecule has 2 atom stereocenters. The molecule has 2 unspecified atom stereocenters.